The summed E-state index contributed by atoms with van der Waals surface area (Å²) in [7, 11) is 0. The summed E-state index contributed by atoms with van der Waals surface area (Å²) in [6, 6.07) is 11.3. The van der Waals surface area contributed by atoms with Crippen LogP contribution in [0.3, 0.4) is 0 Å². The van der Waals surface area contributed by atoms with Gasteiger partial charge in [0, 0.05) is 13.1 Å². The zero-order valence-electron chi connectivity index (χ0n) is 16.9. The van der Waals surface area contributed by atoms with Crippen LogP contribution in [0.1, 0.15) is 37.5 Å². The van der Waals surface area contributed by atoms with Crippen molar-refractivity contribution in [3.63, 3.8) is 0 Å². The lowest BCUT2D eigenvalue weighted by molar-refractivity contribution is -0.121. The number of carbonyl (C=O) groups is 4. The number of ether oxygens (including phenoxy) is 1. The van der Waals surface area contributed by atoms with Gasteiger partial charge in [-0.3, -0.25) is 19.3 Å². The van der Waals surface area contributed by atoms with E-state index in [4.69, 9.17) is 10.00 Å². The van der Waals surface area contributed by atoms with Crippen molar-refractivity contribution >= 4 is 29.4 Å². The van der Waals surface area contributed by atoms with Crippen LogP contribution in [0, 0.1) is 17.1 Å². The molecule has 9 heteroatoms. The third-order valence-corrected chi connectivity index (χ3v) is 4.74. The highest BCUT2D eigenvalue weighted by atomic mass is 19.1. The molecule has 0 aliphatic carbocycles. The molecule has 0 saturated heterocycles. The number of nitriles is 1. The lowest BCUT2D eigenvalue weighted by Crippen LogP contribution is -2.36. The van der Waals surface area contributed by atoms with Gasteiger partial charge in [-0.1, -0.05) is 18.2 Å². The summed E-state index contributed by atoms with van der Waals surface area (Å²) < 4.78 is 19.2. The molecule has 0 radical (unpaired) electrons. The molecule has 32 heavy (non-hydrogen) atoms. The topological polar surface area (TPSA) is 108 Å². The van der Waals surface area contributed by atoms with E-state index in [9.17, 15) is 23.6 Å². The Labute approximate surface area is 183 Å². The van der Waals surface area contributed by atoms with E-state index >= 15 is 0 Å². The van der Waals surface area contributed by atoms with Crippen LogP contribution < -0.4 is 4.90 Å². The number of halogens is 1. The lowest BCUT2D eigenvalue weighted by atomic mass is 10.1. The summed E-state index contributed by atoms with van der Waals surface area (Å²) in [6.45, 7) is 2.76. The fraction of sp³-hybridized carbons (Fsp3) is 0.174. The lowest BCUT2D eigenvalue weighted by Gasteiger charge is -2.22. The number of benzene rings is 2. The van der Waals surface area contributed by atoms with Gasteiger partial charge in [0.15, 0.2) is 6.61 Å². The minimum Gasteiger partial charge on any atom is -0.452 e. The quantitative estimate of drug-likeness (QED) is 0.358. The van der Waals surface area contributed by atoms with E-state index in [1.807, 2.05) is 6.07 Å². The number of hydrogen-bond acceptors (Lipinski definition) is 6. The molecule has 2 aromatic carbocycles. The van der Waals surface area contributed by atoms with Crippen molar-refractivity contribution in [2.75, 3.05) is 24.6 Å². The van der Waals surface area contributed by atoms with Crippen molar-refractivity contribution in [3.05, 3.63) is 77.6 Å². The van der Waals surface area contributed by atoms with Crippen molar-refractivity contribution in [2.24, 2.45) is 0 Å². The zero-order valence-corrected chi connectivity index (χ0v) is 16.9. The number of amides is 3. The number of fused-ring (bicyclic) bond motifs is 1. The van der Waals surface area contributed by atoms with Crippen LogP contribution in [0.4, 0.5) is 10.1 Å². The maximum Gasteiger partial charge on any atom is 0.338 e. The van der Waals surface area contributed by atoms with E-state index < -0.39 is 36.1 Å². The van der Waals surface area contributed by atoms with Crippen LogP contribution in [-0.4, -0.2) is 48.3 Å². The Hall–Kier alpha value is -4.32. The predicted molar refractivity (Wildman–Crippen MR) is 111 cm³/mol. The zero-order chi connectivity index (χ0) is 23.3. The number of rotatable bonds is 8. The molecule has 0 saturated carbocycles. The summed E-state index contributed by atoms with van der Waals surface area (Å²) >= 11 is 0. The maximum absolute atomic E-state index is 14.1. The monoisotopic (exact) mass is 435 g/mol. The van der Waals surface area contributed by atoms with Gasteiger partial charge >= 0.3 is 5.97 Å². The van der Waals surface area contributed by atoms with Crippen LogP contribution in [0.2, 0.25) is 0 Å². The van der Waals surface area contributed by atoms with E-state index in [2.05, 4.69) is 6.58 Å². The van der Waals surface area contributed by atoms with E-state index in [0.717, 1.165) is 9.80 Å². The first-order valence-corrected chi connectivity index (χ1v) is 9.59. The molecule has 8 nitrogen and oxygen atoms in total. The Kier molecular flexibility index (Phi) is 6.75. The minimum absolute atomic E-state index is 0.0207. The smallest absolute Gasteiger partial charge is 0.338 e. The van der Waals surface area contributed by atoms with Gasteiger partial charge in [0.25, 0.3) is 17.7 Å². The van der Waals surface area contributed by atoms with Crippen molar-refractivity contribution in [1.29, 1.82) is 5.26 Å². The third-order valence-electron chi connectivity index (χ3n) is 4.74. The standard InChI is InChI=1S/C23H18FN3O5/c1-2-11-27-21(29)16-9-8-15(13-17(16)22(27)30)23(31)32-14-20(28)26(12-5-10-25)19-7-4-3-6-18(19)24/h2-4,6-9,13H,1,5,11-12,14H2. The molecule has 1 aliphatic rings. The molecule has 162 valence electrons. The van der Waals surface area contributed by atoms with Crippen molar-refractivity contribution in [2.45, 2.75) is 6.42 Å². The molecule has 0 fully saturated rings. The van der Waals surface area contributed by atoms with Crippen LogP contribution in [0.25, 0.3) is 0 Å². The first-order valence-electron chi connectivity index (χ1n) is 9.59. The number of nitrogens with zero attached hydrogens (tertiary/aromatic N) is 3. The van der Waals surface area contributed by atoms with E-state index in [1.54, 1.807) is 0 Å². The second-order valence-corrected chi connectivity index (χ2v) is 6.75. The van der Waals surface area contributed by atoms with Crippen molar-refractivity contribution in [1.82, 2.24) is 4.90 Å². The Morgan fingerprint density at radius 2 is 1.88 bits per heavy atom. The number of carbonyl (C=O) groups excluding carboxylic acids is 4. The van der Waals surface area contributed by atoms with Crippen molar-refractivity contribution < 1.29 is 28.3 Å². The van der Waals surface area contributed by atoms with E-state index in [-0.39, 0.29) is 41.9 Å². The fourth-order valence-electron chi connectivity index (χ4n) is 3.21. The third kappa shape index (κ3) is 4.39. The highest BCUT2D eigenvalue weighted by molar-refractivity contribution is 6.22. The summed E-state index contributed by atoms with van der Waals surface area (Å²) in [4.78, 5) is 51.7. The molecule has 0 spiro atoms. The summed E-state index contributed by atoms with van der Waals surface area (Å²) in [5, 5.41) is 8.82. The Morgan fingerprint density at radius 1 is 1.16 bits per heavy atom. The van der Waals surface area contributed by atoms with Crippen LogP contribution in [0.15, 0.2) is 55.1 Å². The van der Waals surface area contributed by atoms with Gasteiger partial charge in [-0.15, -0.1) is 6.58 Å². The van der Waals surface area contributed by atoms with E-state index in [0.29, 0.717) is 0 Å². The van der Waals surface area contributed by atoms with E-state index in [1.165, 1.54) is 48.5 Å². The molecule has 3 rings (SSSR count). The molecule has 0 N–H and O–H groups in total. The first kappa shape index (κ1) is 22.4. The molecule has 0 unspecified atom stereocenters. The highest BCUT2D eigenvalue weighted by Crippen LogP contribution is 2.24. The predicted octanol–water partition coefficient (Wildman–Crippen LogP) is 2.71. The molecule has 1 heterocycles. The summed E-state index contributed by atoms with van der Waals surface area (Å²) in [5.74, 6) is -3.31. The molecule has 1 aliphatic heterocycles. The second-order valence-electron chi connectivity index (χ2n) is 6.75. The molecule has 3 amide bonds. The highest BCUT2D eigenvalue weighted by Gasteiger charge is 2.35. The minimum atomic E-state index is -0.891. The molecular weight excluding hydrogens is 417 g/mol. The average Bonchev–Trinajstić information content (AvgIpc) is 3.03. The van der Waals surface area contributed by atoms with Crippen LogP contribution >= 0.6 is 0 Å². The number of anilines is 1. The number of imide groups is 1. The van der Waals surface area contributed by atoms with Gasteiger partial charge in [0.2, 0.25) is 0 Å². The molecule has 0 aromatic heterocycles. The summed E-state index contributed by atoms with van der Waals surface area (Å²) in [6.07, 6.45) is 1.37. The first-order chi connectivity index (χ1) is 15.4. The molecule has 0 atom stereocenters. The Balaban J connectivity index is 1.73. The molecule has 0 bridgehead atoms. The maximum atomic E-state index is 14.1. The van der Waals surface area contributed by atoms with Gasteiger partial charge in [-0.05, 0) is 30.3 Å². The number of esters is 1. The van der Waals surface area contributed by atoms with Crippen LogP contribution in [0.5, 0.6) is 0 Å². The normalized spacial score (nSPS) is 12.2. The van der Waals surface area contributed by atoms with Gasteiger partial charge in [0.1, 0.15) is 5.82 Å². The average molecular weight is 435 g/mol. The molecule has 2 aromatic rings. The SMILES string of the molecule is C=CCN1C(=O)c2ccc(C(=O)OCC(=O)N(CCC#N)c3ccccc3F)cc2C1=O. The Morgan fingerprint density at radius 3 is 2.56 bits per heavy atom. The second kappa shape index (κ2) is 9.66. The molecular formula is C23H18FN3O5. The van der Waals surface area contributed by atoms with Crippen molar-refractivity contribution in [3.8, 4) is 6.07 Å². The van der Waals surface area contributed by atoms with Gasteiger partial charge in [-0.2, -0.15) is 5.26 Å². The van der Waals surface area contributed by atoms with Gasteiger partial charge in [0.05, 0.1) is 34.9 Å². The largest absolute Gasteiger partial charge is 0.452 e. The fourth-order valence-corrected chi connectivity index (χ4v) is 3.21. The number of para-hydroxylation sites is 1. The van der Waals surface area contributed by atoms with Gasteiger partial charge in [-0.25, -0.2) is 9.18 Å². The summed E-state index contributed by atoms with van der Waals surface area (Å²) in [5.41, 5.74) is 0.159. The Bertz CT molecular complexity index is 1150. The number of hydrogen-bond donors (Lipinski definition) is 0. The van der Waals surface area contributed by atoms with Crippen LogP contribution in [-0.2, 0) is 9.53 Å². The van der Waals surface area contributed by atoms with Gasteiger partial charge < -0.3 is 9.64 Å².